The number of aliphatic hydroxyl groups is 1. The first-order valence-corrected chi connectivity index (χ1v) is 9.19. The van der Waals surface area contributed by atoms with Gasteiger partial charge in [0.1, 0.15) is 17.3 Å². The number of hydrogen-bond acceptors (Lipinski definition) is 5. The number of hydrogen-bond donors (Lipinski definition) is 2. The number of ketones is 1. The summed E-state index contributed by atoms with van der Waals surface area (Å²) in [6.07, 6.45) is 1.58. The summed E-state index contributed by atoms with van der Waals surface area (Å²) in [4.78, 5) is 31.3. The number of likely N-dealkylation sites (tertiary alicyclic amines) is 1. The summed E-state index contributed by atoms with van der Waals surface area (Å²) in [7, 11) is 0. The summed E-state index contributed by atoms with van der Waals surface area (Å²) in [6.45, 7) is 0.0527. The van der Waals surface area contributed by atoms with E-state index in [1.54, 1.807) is 36.5 Å². The summed E-state index contributed by atoms with van der Waals surface area (Å²) in [5.74, 6) is -2.47. The lowest BCUT2D eigenvalue weighted by Crippen LogP contribution is -2.29. The molecular weight excluding hydrogens is 387 g/mol. The van der Waals surface area contributed by atoms with E-state index in [9.17, 15) is 24.2 Å². The van der Waals surface area contributed by atoms with E-state index in [2.05, 4.69) is 4.98 Å². The zero-order chi connectivity index (χ0) is 21.3. The Bertz CT molecular complexity index is 1130. The lowest BCUT2D eigenvalue weighted by Gasteiger charge is -2.25. The predicted octanol–water partition coefficient (Wildman–Crippen LogP) is 3.55. The van der Waals surface area contributed by atoms with Crippen LogP contribution in [0.2, 0.25) is 0 Å². The van der Waals surface area contributed by atoms with Crippen LogP contribution in [0.3, 0.4) is 0 Å². The van der Waals surface area contributed by atoms with Gasteiger partial charge in [-0.3, -0.25) is 14.6 Å². The normalized spacial score (nSPS) is 18.0. The van der Waals surface area contributed by atoms with Gasteiger partial charge >= 0.3 is 0 Å². The number of Topliss-reactive ketones (excluding diaryl/α,β-unsaturated/α-hetero) is 1. The lowest BCUT2D eigenvalue weighted by atomic mass is 9.95. The highest BCUT2D eigenvalue weighted by atomic mass is 19.1. The van der Waals surface area contributed by atoms with E-state index in [1.165, 1.54) is 29.2 Å². The molecule has 1 unspecified atom stereocenters. The van der Waals surface area contributed by atoms with Crippen molar-refractivity contribution in [3.63, 3.8) is 0 Å². The highest BCUT2D eigenvalue weighted by molar-refractivity contribution is 6.46. The van der Waals surface area contributed by atoms with Crippen LogP contribution in [0, 0.1) is 5.82 Å². The minimum Gasteiger partial charge on any atom is -0.508 e. The Morgan fingerprint density at radius 3 is 2.33 bits per heavy atom. The molecule has 3 aromatic rings. The second kappa shape index (κ2) is 7.79. The molecule has 2 aromatic carbocycles. The molecule has 0 radical (unpaired) electrons. The van der Waals surface area contributed by atoms with Gasteiger partial charge in [-0.25, -0.2) is 4.39 Å². The molecule has 6 nitrogen and oxygen atoms in total. The van der Waals surface area contributed by atoms with Gasteiger partial charge in [-0.15, -0.1) is 0 Å². The van der Waals surface area contributed by atoms with Gasteiger partial charge in [0.25, 0.3) is 11.7 Å². The number of benzene rings is 2. The highest BCUT2D eigenvalue weighted by Crippen LogP contribution is 2.40. The molecule has 1 amide bonds. The summed E-state index contributed by atoms with van der Waals surface area (Å²) in [5.41, 5.74) is 1.22. The average molecular weight is 404 g/mol. The fourth-order valence-corrected chi connectivity index (χ4v) is 3.48. The SMILES string of the molecule is O=C1C(=O)N(Cc2ccccn2)C(c2ccc(O)cc2)/C1=C(\O)c1ccc(F)cc1. The molecule has 7 heteroatoms. The molecule has 1 aromatic heterocycles. The number of amides is 1. The third kappa shape index (κ3) is 3.53. The largest absolute Gasteiger partial charge is 0.508 e. The average Bonchev–Trinajstić information content (AvgIpc) is 3.00. The first-order valence-electron chi connectivity index (χ1n) is 9.19. The number of carbonyl (C=O) groups is 2. The van der Waals surface area contributed by atoms with Gasteiger partial charge in [0.05, 0.1) is 23.9 Å². The van der Waals surface area contributed by atoms with E-state index < -0.39 is 29.3 Å². The van der Waals surface area contributed by atoms with Crippen LogP contribution in [0.4, 0.5) is 4.39 Å². The molecule has 30 heavy (non-hydrogen) atoms. The van der Waals surface area contributed by atoms with Crippen molar-refractivity contribution in [2.45, 2.75) is 12.6 Å². The first-order chi connectivity index (χ1) is 14.5. The van der Waals surface area contributed by atoms with Crippen molar-refractivity contribution in [2.24, 2.45) is 0 Å². The highest BCUT2D eigenvalue weighted by Gasteiger charge is 2.46. The van der Waals surface area contributed by atoms with Gasteiger partial charge in [-0.05, 0) is 54.1 Å². The van der Waals surface area contributed by atoms with Crippen LogP contribution >= 0.6 is 0 Å². The lowest BCUT2D eigenvalue weighted by molar-refractivity contribution is -0.140. The van der Waals surface area contributed by atoms with Crippen molar-refractivity contribution in [1.82, 2.24) is 9.88 Å². The number of pyridine rings is 1. The molecule has 2 heterocycles. The zero-order valence-corrected chi connectivity index (χ0v) is 15.7. The predicted molar refractivity (Wildman–Crippen MR) is 107 cm³/mol. The summed E-state index contributed by atoms with van der Waals surface area (Å²) < 4.78 is 13.3. The van der Waals surface area contributed by atoms with E-state index in [0.717, 1.165) is 12.1 Å². The molecule has 0 bridgehead atoms. The molecule has 1 aliphatic heterocycles. The zero-order valence-electron chi connectivity index (χ0n) is 15.7. The number of rotatable bonds is 4. The maximum Gasteiger partial charge on any atom is 0.296 e. The first kappa shape index (κ1) is 19.3. The Morgan fingerprint density at radius 1 is 1.00 bits per heavy atom. The van der Waals surface area contributed by atoms with Crippen molar-refractivity contribution >= 4 is 17.4 Å². The third-order valence-corrected chi connectivity index (χ3v) is 4.92. The van der Waals surface area contributed by atoms with Crippen LogP contribution in [0.1, 0.15) is 22.9 Å². The molecular formula is C23H17FN2O4. The number of aromatic hydroxyl groups is 1. The molecule has 150 valence electrons. The Hall–Kier alpha value is -4.00. The number of phenols is 1. The van der Waals surface area contributed by atoms with Gasteiger partial charge in [-0.2, -0.15) is 0 Å². The van der Waals surface area contributed by atoms with Gasteiger partial charge in [0, 0.05) is 11.8 Å². The quantitative estimate of drug-likeness (QED) is 0.394. The Labute approximate surface area is 171 Å². The van der Waals surface area contributed by atoms with E-state index in [-0.39, 0.29) is 23.4 Å². The maximum atomic E-state index is 13.3. The second-order valence-corrected chi connectivity index (χ2v) is 6.85. The van der Waals surface area contributed by atoms with Crippen LogP contribution in [-0.4, -0.2) is 31.8 Å². The fourth-order valence-electron chi connectivity index (χ4n) is 3.48. The Balaban J connectivity index is 1.85. The van der Waals surface area contributed by atoms with Crippen LogP contribution in [-0.2, 0) is 16.1 Å². The van der Waals surface area contributed by atoms with Crippen LogP contribution in [0.25, 0.3) is 5.76 Å². The molecule has 0 saturated carbocycles. The van der Waals surface area contributed by atoms with Crippen LogP contribution < -0.4 is 0 Å². The molecule has 1 atom stereocenters. The van der Waals surface area contributed by atoms with Gasteiger partial charge in [0.2, 0.25) is 0 Å². The molecule has 4 rings (SSSR count). The topological polar surface area (TPSA) is 90.7 Å². The number of carbonyl (C=O) groups excluding carboxylic acids is 2. The van der Waals surface area contributed by atoms with E-state index in [0.29, 0.717) is 11.3 Å². The molecule has 0 aliphatic carbocycles. The monoisotopic (exact) mass is 404 g/mol. The van der Waals surface area contributed by atoms with Crippen molar-refractivity contribution in [3.05, 3.63) is 101 Å². The van der Waals surface area contributed by atoms with Crippen LogP contribution in [0.5, 0.6) is 5.75 Å². The summed E-state index contributed by atoms with van der Waals surface area (Å²) in [5, 5.41) is 20.5. The van der Waals surface area contributed by atoms with Crippen molar-refractivity contribution in [2.75, 3.05) is 0 Å². The third-order valence-electron chi connectivity index (χ3n) is 4.92. The number of aromatic nitrogens is 1. The number of aliphatic hydroxyl groups excluding tert-OH is 1. The Kier molecular flexibility index (Phi) is 5.02. The molecule has 1 saturated heterocycles. The van der Waals surface area contributed by atoms with E-state index >= 15 is 0 Å². The summed E-state index contributed by atoms with van der Waals surface area (Å²) in [6, 6.07) is 15.4. The van der Waals surface area contributed by atoms with Crippen molar-refractivity contribution in [1.29, 1.82) is 0 Å². The molecule has 1 fully saturated rings. The Morgan fingerprint density at radius 2 is 1.70 bits per heavy atom. The van der Waals surface area contributed by atoms with Crippen molar-refractivity contribution < 1.29 is 24.2 Å². The number of phenolic OH excluding ortho intramolecular Hbond substituents is 1. The van der Waals surface area contributed by atoms with Crippen molar-refractivity contribution in [3.8, 4) is 5.75 Å². The smallest absolute Gasteiger partial charge is 0.296 e. The molecule has 1 aliphatic rings. The fraction of sp³-hybridized carbons (Fsp3) is 0.0870. The van der Waals surface area contributed by atoms with Gasteiger partial charge in [0.15, 0.2) is 0 Å². The van der Waals surface area contributed by atoms with E-state index in [4.69, 9.17) is 0 Å². The second-order valence-electron chi connectivity index (χ2n) is 6.85. The summed E-state index contributed by atoms with van der Waals surface area (Å²) >= 11 is 0. The van der Waals surface area contributed by atoms with E-state index in [1.807, 2.05) is 0 Å². The standard InChI is InChI=1S/C23H17FN2O4/c24-16-8-4-15(5-9-16)21(28)19-20(14-6-10-18(27)11-7-14)26(23(30)22(19)29)13-17-3-1-2-12-25-17/h1-12,20,27-28H,13H2/b21-19+. The minimum absolute atomic E-state index is 0.0268. The maximum absolute atomic E-state index is 13.3. The molecule has 2 N–H and O–H groups in total. The van der Waals surface area contributed by atoms with Gasteiger partial charge in [-0.1, -0.05) is 18.2 Å². The number of halogens is 1. The minimum atomic E-state index is -0.891. The van der Waals surface area contributed by atoms with Gasteiger partial charge < -0.3 is 15.1 Å². The number of nitrogens with zero attached hydrogens (tertiary/aromatic N) is 2. The molecule has 0 spiro atoms. The van der Waals surface area contributed by atoms with Crippen LogP contribution in [0.15, 0.2) is 78.5 Å².